The maximum atomic E-state index is 5.85. The molecule has 0 saturated heterocycles. The van der Waals surface area contributed by atoms with Crippen molar-refractivity contribution in [3.8, 4) is 0 Å². The van der Waals surface area contributed by atoms with Gasteiger partial charge in [-0.05, 0) is 26.7 Å². The van der Waals surface area contributed by atoms with Gasteiger partial charge < -0.3 is 9.47 Å². The molecule has 0 aromatic carbocycles. The molecule has 0 amide bonds. The molecule has 0 atom stereocenters. The predicted octanol–water partition coefficient (Wildman–Crippen LogP) is 4.14. The summed E-state index contributed by atoms with van der Waals surface area (Å²) in [6.07, 6.45) is 6.84. The fourth-order valence-electron chi connectivity index (χ4n) is 1.87. The van der Waals surface area contributed by atoms with E-state index in [-0.39, 0.29) is 5.79 Å². The number of ether oxygens (including phenoxy) is 2. The quantitative estimate of drug-likeness (QED) is 0.511. The average molecular weight is 216 g/mol. The van der Waals surface area contributed by atoms with Gasteiger partial charge in [0.15, 0.2) is 5.79 Å². The molecule has 0 fully saturated rings. The van der Waals surface area contributed by atoms with Crippen molar-refractivity contribution < 1.29 is 9.47 Å². The first-order valence-electron chi connectivity index (χ1n) is 6.52. The summed E-state index contributed by atoms with van der Waals surface area (Å²) in [5.74, 6) is -0.296. The van der Waals surface area contributed by atoms with Crippen LogP contribution in [0.1, 0.15) is 66.2 Å². The molecule has 2 heteroatoms. The van der Waals surface area contributed by atoms with Crippen molar-refractivity contribution in [2.45, 2.75) is 72.0 Å². The Morgan fingerprint density at radius 3 is 1.40 bits per heavy atom. The van der Waals surface area contributed by atoms with Crippen molar-refractivity contribution >= 4 is 0 Å². The summed E-state index contributed by atoms with van der Waals surface area (Å²) >= 11 is 0. The van der Waals surface area contributed by atoms with Crippen LogP contribution in [0.15, 0.2) is 0 Å². The third kappa shape index (κ3) is 6.16. The van der Waals surface area contributed by atoms with Crippen LogP contribution in [0.25, 0.3) is 0 Å². The molecule has 0 aromatic heterocycles. The predicted molar refractivity (Wildman–Crippen MR) is 65.0 cm³/mol. The van der Waals surface area contributed by atoms with Gasteiger partial charge in [0.2, 0.25) is 0 Å². The van der Waals surface area contributed by atoms with E-state index in [0.717, 1.165) is 26.1 Å². The standard InChI is InChI=1S/C13H28O2/c1-5-9-11-13(14-7-3,15-8-4)12-10-6-2/h5-12H2,1-4H3. The molecule has 0 heterocycles. The monoisotopic (exact) mass is 216 g/mol. The van der Waals surface area contributed by atoms with Crippen LogP contribution in [0.5, 0.6) is 0 Å². The lowest BCUT2D eigenvalue weighted by molar-refractivity contribution is -0.241. The van der Waals surface area contributed by atoms with Crippen molar-refractivity contribution in [3.05, 3.63) is 0 Å². The molecule has 0 unspecified atom stereocenters. The first kappa shape index (κ1) is 14.9. The maximum Gasteiger partial charge on any atom is 0.168 e. The van der Waals surface area contributed by atoms with Crippen molar-refractivity contribution in [1.82, 2.24) is 0 Å². The second kappa shape index (κ2) is 9.17. The molecule has 0 aliphatic carbocycles. The van der Waals surface area contributed by atoms with E-state index in [0.29, 0.717) is 0 Å². The van der Waals surface area contributed by atoms with Gasteiger partial charge in [-0.2, -0.15) is 0 Å². The number of rotatable bonds is 10. The lowest BCUT2D eigenvalue weighted by Gasteiger charge is -2.33. The van der Waals surface area contributed by atoms with Gasteiger partial charge >= 0.3 is 0 Å². The zero-order chi connectivity index (χ0) is 11.6. The van der Waals surface area contributed by atoms with Gasteiger partial charge in [-0.15, -0.1) is 0 Å². The van der Waals surface area contributed by atoms with Crippen molar-refractivity contribution in [1.29, 1.82) is 0 Å². The summed E-state index contributed by atoms with van der Waals surface area (Å²) in [4.78, 5) is 0. The lowest BCUT2D eigenvalue weighted by Crippen LogP contribution is -2.36. The Balaban J connectivity index is 4.26. The highest BCUT2D eigenvalue weighted by Gasteiger charge is 2.29. The van der Waals surface area contributed by atoms with Crippen LogP contribution in [0.4, 0.5) is 0 Å². The highest BCUT2D eigenvalue weighted by atomic mass is 16.7. The van der Waals surface area contributed by atoms with Crippen LogP contribution in [0.3, 0.4) is 0 Å². The summed E-state index contributed by atoms with van der Waals surface area (Å²) in [6, 6.07) is 0. The van der Waals surface area contributed by atoms with E-state index < -0.39 is 0 Å². The fourth-order valence-corrected chi connectivity index (χ4v) is 1.87. The summed E-state index contributed by atoms with van der Waals surface area (Å²) in [5.41, 5.74) is 0. The minimum atomic E-state index is -0.296. The SMILES string of the molecule is CCCCC(CCCC)(OCC)OCC. The van der Waals surface area contributed by atoms with Gasteiger partial charge in [-0.1, -0.05) is 26.7 Å². The minimum Gasteiger partial charge on any atom is -0.350 e. The molecule has 0 aliphatic heterocycles. The summed E-state index contributed by atoms with van der Waals surface area (Å²) in [7, 11) is 0. The van der Waals surface area contributed by atoms with E-state index in [1.807, 2.05) is 13.8 Å². The van der Waals surface area contributed by atoms with Crippen LogP contribution >= 0.6 is 0 Å². The maximum absolute atomic E-state index is 5.85. The van der Waals surface area contributed by atoms with E-state index in [9.17, 15) is 0 Å². The molecule has 0 aliphatic rings. The largest absolute Gasteiger partial charge is 0.350 e. The van der Waals surface area contributed by atoms with E-state index >= 15 is 0 Å². The van der Waals surface area contributed by atoms with Crippen LogP contribution in [0.2, 0.25) is 0 Å². The molecule has 92 valence electrons. The first-order valence-corrected chi connectivity index (χ1v) is 6.52. The van der Waals surface area contributed by atoms with Crippen molar-refractivity contribution in [2.24, 2.45) is 0 Å². The molecular formula is C13H28O2. The molecule has 0 spiro atoms. The van der Waals surface area contributed by atoms with Gasteiger partial charge in [0.1, 0.15) is 0 Å². The van der Waals surface area contributed by atoms with E-state index in [1.54, 1.807) is 0 Å². The Labute approximate surface area is 95.3 Å². The minimum absolute atomic E-state index is 0.296. The summed E-state index contributed by atoms with van der Waals surface area (Å²) < 4.78 is 11.7. The van der Waals surface area contributed by atoms with Crippen LogP contribution in [-0.2, 0) is 9.47 Å². The molecular weight excluding hydrogens is 188 g/mol. The molecule has 0 aromatic rings. The van der Waals surface area contributed by atoms with Crippen LogP contribution in [-0.4, -0.2) is 19.0 Å². The second-order valence-electron chi connectivity index (χ2n) is 3.98. The smallest absolute Gasteiger partial charge is 0.168 e. The molecule has 0 N–H and O–H groups in total. The Bertz CT molecular complexity index is 118. The zero-order valence-corrected chi connectivity index (χ0v) is 11.0. The van der Waals surface area contributed by atoms with Crippen molar-refractivity contribution in [3.63, 3.8) is 0 Å². The number of unbranched alkanes of at least 4 members (excludes halogenated alkanes) is 2. The number of hydrogen-bond acceptors (Lipinski definition) is 2. The van der Waals surface area contributed by atoms with Gasteiger partial charge in [-0.25, -0.2) is 0 Å². The normalized spacial score (nSPS) is 12.0. The van der Waals surface area contributed by atoms with E-state index in [4.69, 9.17) is 9.47 Å². The third-order valence-electron chi connectivity index (χ3n) is 2.64. The van der Waals surface area contributed by atoms with E-state index in [1.165, 1.54) is 25.7 Å². The van der Waals surface area contributed by atoms with Crippen LogP contribution < -0.4 is 0 Å². The highest BCUT2D eigenvalue weighted by Crippen LogP contribution is 2.27. The first-order chi connectivity index (χ1) is 7.24. The Morgan fingerprint density at radius 1 is 0.733 bits per heavy atom. The summed E-state index contributed by atoms with van der Waals surface area (Å²) in [6.45, 7) is 10.0. The Kier molecular flexibility index (Phi) is 9.12. The Morgan fingerprint density at radius 2 is 1.13 bits per heavy atom. The summed E-state index contributed by atoms with van der Waals surface area (Å²) in [5, 5.41) is 0. The third-order valence-corrected chi connectivity index (χ3v) is 2.64. The van der Waals surface area contributed by atoms with Crippen molar-refractivity contribution in [2.75, 3.05) is 13.2 Å². The topological polar surface area (TPSA) is 18.5 Å². The molecule has 0 bridgehead atoms. The number of hydrogen-bond donors (Lipinski definition) is 0. The van der Waals surface area contributed by atoms with Gasteiger partial charge in [-0.3, -0.25) is 0 Å². The Hall–Kier alpha value is -0.0800. The molecule has 15 heavy (non-hydrogen) atoms. The molecule has 0 saturated carbocycles. The highest BCUT2D eigenvalue weighted by molar-refractivity contribution is 4.70. The van der Waals surface area contributed by atoms with E-state index in [2.05, 4.69) is 13.8 Å². The fraction of sp³-hybridized carbons (Fsp3) is 1.00. The van der Waals surface area contributed by atoms with Crippen LogP contribution in [0, 0.1) is 0 Å². The molecule has 0 rings (SSSR count). The second-order valence-corrected chi connectivity index (χ2v) is 3.98. The lowest BCUT2D eigenvalue weighted by atomic mass is 10.0. The van der Waals surface area contributed by atoms with Gasteiger partial charge in [0, 0.05) is 26.1 Å². The molecule has 2 nitrogen and oxygen atoms in total. The van der Waals surface area contributed by atoms with Gasteiger partial charge in [0.05, 0.1) is 0 Å². The zero-order valence-electron chi connectivity index (χ0n) is 11.0. The average Bonchev–Trinajstić information content (AvgIpc) is 2.24. The molecule has 0 radical (unpaired) electrons. The van der Waals surface area contributed by atoms with Gasteiger partial charge in [0.25, 0.3) is 0 Å².